The van der Waals surface area contributed by atoms with E-state index in [1.165, 1.54) is 13.2 Å². The highest BCUT2D eigenvalue weighted by atomic mass is 35.5. The monoisotopic (exact) mass is 393 g/mol. The van der Waals surface area contributed by atoms with Gasteiger partial charge in [-0.25, -0.2) is 18.9 Å². The van der Waals surface area contributed by atoms with Crippen molar-refractivity contribution in [2.24, 2.45) is 0 Å². The highest BCUT2D eigenvalue weighted by Gasteiger charge is 2.27. The Labute approximate surface area is 152 Å². The summed E-state index contributed by atoms with van der Waals surface area (Å²) in [5.74, 6) is 0.447. The quantitative estimate of drug-likeness (QED) is 0.594. The number of nitrogens with zero attached hydrogens (tertiary/aromatic N) is 1. The topological polar surface area (TPSA) is 103 Å². The molecule has 0 fully saturated rings. The van der Waals surface area contributed by atoms with E-state index in [1.807, 2.05) is 20.8 Å². The Bertz CT molecular complexity index is 797. The van der Waals surface area contributed by atoms with Crippen molar-refractivity contribution in [2.75, 3.05) is 28.0 Å². The number of fused-ring (bicyclic) bond motifs is 1. The van der Waals surface area contributed by atoms with Crippen LogP contribution in [0.3, 0.4) is 0 Å². The lowest BCUT2D eigenvalue weighted by Crippen LogP contribution is -2.26. The zero-order valence-electron chi connectivity index (χ0n) is 15.1. The molecular formula is C15H24ClN3O5S. The van der Waals surface area contributed by atoms with Gasteiger partial charge in [0, 0.05) is 19.6 Å². The minimum absolute atomic E-state index is 0.0720. The van der Waals surface area contributed by atoms with Gasteiger partial charge in [-0.2, -0.15) is 4.72 Å². The van der Waals surface area contributed by atoms with Crippen LogP contribution < -0.4 is 10.2 Å². The first-order chi connectivity index (χ1) is 11.6. The van der Waals surface area contributed by atoms with Crippen LogP contribution in [0.4, 0.5) is 0 Å². The number of hydroxylamine groups is 1. The number of sulfonamides is 1. The molecule has 0 unspecified atom stereocenters. The molecule has 2 N–H and O–H groups in total. The minimum Gasteiger partial charge on any atom is -0.439 e. The molecular weight excluding hydrogens is 370 g/mol. The van der Waals surface area contributed by atoms with Crippen LogP contribution in [0.1, 0.15) is 26.7 Å². The summed E-state index contributed by atoms with van der Waals surface area (Å²) < 4.78 is 37.3. The van der Waals surface area contributed by atoms with Crippen molar-refractivity contribution < 1.29 is 22.4 Å². The third-order valence-electron chi connectivity index (χ3n) is 2.97. The molecule has 10 heteroatoms. The molecule has 0 aliphatic carbocycles. The van der Waals surface area contributed by atoms with Gasteiger partial charge >= 0.3 is 0 Å². The number of hydrogen-bond acceptors (Lipinski definition) is 7. The van der Waals surface area contributed by atoms with Gasteiger partial charge in [0.2, 0.25) is 15.9 Å². The van der Waals surface area contributed by atoms with Crippen molar-refractivity contribution in [3.8, 4) is 0 Å². The van der Waals surface area contributed by atoms with Crippen LogP contribution in [0.5, 0.6) is 0 Å². The number of oxazole rings is 1. The second-order valence-corrected chi connectivity index (χ2v) is 8.09. The molecule has 0 radical (unpaired) electrons. The van der Waals surface area contributed by atoms with E-state index < -0.39 is 10.0 Å². The van der Waals surface area contributed by atoms with E-state index in [0.29, 0.717) is 11.4 Å². The predicted molar refractivity (Wildman–Crippen MR) is 96.0 cm³/mol. The van der Waals surface area contributed by atoms with Crippen LogP contribution in [0, 0.1) is 0 Å². The lowest BCUT2D eigenvalue weighted by atomic mass is 9.97. The Morgan fingerprint density at radius 1 is 1.28 bits per heavy atom. The molecule has 0 spiro atoms. The summed E-state index contributed by atoms with van der Waals surface area (Å²) in [5, 5.41) is 0.0720. The molecule has 0 bridgehead atoms. The lowest BCUT2D eigenvalue weighted by molar-refractivity contribution is 0.112. The SMILES string of the molecule is CNOC.COCNS(=O)(=O)c1c(Cl)ccc2nc(C(C)(C)C)oc12. The lowest BCUT2D eigenvalue weighted by Gasteiger charge is -2.12. The first-order valence-corrected chi connectivity index (χ1v) is 9.22. The van der Waals surface area contributed by atoms with E-state index in [2.05, 4.69) is 20.0 Å². The van der Waals surface area contributed by atoms with Gasteiger partial charge in [0.25, 0.3) is 0 Å². The normalized spacial score (nSPS) is 12.1. The Hall–Kier alpha value is -1.23. The highest BCUT2D eigenvalue weighted by molar-refractivity contribution is 7.89. The fourth-order valence-electron chi connectivity index (χ4n) is 1.72. The number of aromatic nitrogens is 1. The van der Waals surface area contributed by atoms with Crippen molar-refractivity contribution in [2.45, 2.75) is 31.1 Å². The Kier molecular flexibility index (Phi) is 7.79. The molecule has 142 valence electrons. The van der Waals surface area contributed by atoms with Crippen LogP contribution in [-0.2, 0) is 25.0 Å². The fraction of sp³-hybridized carbons (Fsp3) is 0.533. The second-order valence-electron chi connectivity index (χ2n) is 5.98. The Morgan fingerprint density at radius 3 is 2.36 bits per heavy atom. The highest BCUT2D eigenvalue weighted by Crippen LogP contribution is 2.33. The summed E-state index contributed by atoms with van der Waals surface area (Å²) in [6.45, 7) is 5.62. The summed E-state index contributed by atoms with van der Waals surface area (Å²) in [6.07, 6.45) is 0. The number of hydrogen-bond donors (Lipinski definition) is 2. The fourth-order valence-corrected chi connectivity index (χ4v) is 3.31. The smallest absolute Gasteiger partial charge is 0.247 e. The number of halogens is 1. The van der Waals surface area contributed by atoms with Crippen molar-refractivity contribution >= 4 is 32.7 Å². The summed E-state index contributed by atoms with van der Waals surface area (Å²) in [5.41, 5.74) is 2.69. The Balaban J connectivity index is 0.000000705. The molecule has 2 rings (SSSR count). The van der Waals surface area contributed by atoms with Crippen molar-refractivity contribution in [3.63, 3.8) is 0 Å². The minimum atomic E-state index is -3.85. The average Bonchev–Trinajstić information content (AvgIpc) is 2.97. The molecule has 0 saturated heterocycles. The zero-order valence-corrected chi connectivity index (χ0v) is 16.7. The van der Waals surface area contributed by atoms with Crippen molar-refractivity contribution in [3.05, 3.63) is 23.0 Å². The summed E-state index contributed by atoms with van der Waals surface area (Å²) in [4.78, 5) is 8.50. The predicted octanol–water partition coefficient (Wildman–Crippen LogP) is 2.43. The zero-order chi connectivity index (χ0) is 19.3. The van der Waals surface area contributed by atoms with Gasteiger partial charge in [0.15, 0.2) is 5.58 Å². The third-order valence-corrected chi connectivity index (χ3v) is 4.84. The molecule has 0 aliphatic rings. The molecule has 0 atom stereocenters. The maximum absolute atomic E-state index is 12.3. The first-order valence-electron chi connectivity index (χ1n) is 7.36. The number of ether oxygens (including phenoxy) is 1. The van der Waals surface area contributed by atoms with E-state index in [1.54, 1.807) is 20.2 Å². The number of benzene rings is 1. The van der Waals surface area contributed by atoms with E-state index in [0.717, 1.165) is 0 Å². The standard InChI is InChI=1S/C13H17ClN2O4S.C2H7NO/c1-13(2,3)12-16-9-6-5-8(14)11(10(9)20-12)21(17,18)15-7-19-4;1-3-4-2/h5-6,15H,7H2,1-4H3;3H,1-2H3. The van der Waals surface area contributed by atoms with Gasteiger partial charge in [0.05, 0.1) is 12.1 Å². The van der Waals surface area contributed by atoms with Gasteiger partial charge in [-0.3, -0.25) is 0 Å². The van der Waals surface area contributed by atoms with Gasteiger partial charge in [0.1, 0.15) is 17.1 Å². The maximum Gasteiger partial charge on any atom is 0.247 e. The molecule has 2 aromatic rings. The molecule has 1 aromatic heterocycles. The molecule has 25 heavy (non-hydrogen) atoms. The molecule has 0 saturated carbocycles. The number of methoxy groups -OCH3 is 1. The van der Waals surface area contributed by atoms with Crippen molar-refractivity contribution in [1.29, 1.82) is 0 Å². The molecule has 0 aliphatic heterocycles. The molecule has 8 nitrogen and oxygen atoms in total. The third kappa shape index (κ3) is 5.63. The summed E-state index contributed by atoms with van der Waals surface area (Å²) in [7, 11) is 0.811. The second kappa shape index (κ2) is 8.93. The molecule has 1 aromatic carbocycles. The van der Waals surface area contributed by atoms with Gasteiger partial charge in [-0.1, -0.05) is 32.4 Å². The van der Waals surface area contributed by atoms with Crippen molar-refractivity contribution in [1.82, 2.24) is 15.2 Å². The molecule has 1 heterocycles. The van der Waals surface area contributed by atoms with E-state index in [4.69, 9.17) is 20.8 Å². The van der Waals surface area contributed by atoms with Crippen LogP contribution in [0.25, 0.3) is 11.1 Å². The van der Waals surface area contributed by atoms with Gasteiger partial charge in [-0.15, -0.1) is 0 Å². The first kappa shape index (κ1) is 21.8. The number of nitrogens with one attached hydrogen (secondary N) is 2. The summed E-state index contributed by atoms with van der Waals surface area (Å²) in [6, 6.07) is 3.12. The van der Waals surface area contributed by atoms with E-state index >= 15 is 0 Å². The van der Waals surface area contributed by atoms with Crippen LogP contribution >= 0.6 is 11.6 Å². The van der Waals surface area contributed by atoms with Crippen LogP contribution in [-0.4, -0.2) is 41.4 Å². The van der Waals surface area contributed by atoms with E-state index in [-0.39, 0.29) is 27.6 Å². The maximum atomic E-state index is 12.3. The van der Waals surface area contributed by atoms with E-state index in [9.17, 15) is 8.42 Å². The number of rotatable bonds is 5. The van der Waals surface area contributed by atoms with Gasteiger partial charge in [-0.05, 0) is 12.1 Å². The molecule has 0 amide bonds. The average molecular weight is 394 g/mol. The van der Waals surface area contributed by atoms with Crippen LogP contribution in [0.2, 0.25) is 5.02 Å². The Morgan fingerprint density at radius 2 is 1.88 bits per heavy atom. The van der Waals surface area contributed by atoms with Gasteiger partial charge < -0.3 is 14.0 Å². The summed E-state index contributed by atoms with van der Waals surface area (Å²) >= 11 is 6.04. The largest absolute Gasteiger partial charge is 0.439 e. The van der Waals surface area contributed by atoms with Crippen LogP contribution in [0.15, 0.2) is 21.4 Å².